The van der Waals surface area contributed by atoms with E-state index >= 15 is 0 Å². The molecule has 62 heavy (non-hydrogen) atoms. The molecule has 1 aliphatic heterocycles. The number of carbonyl (C=O) groups excluding carboxylic acids is 2. The van der Waals surface area contributed by atoms with Gasteiger partial charge in [0.05, 0.1) is 42.7 Å². The number of rotatable bonds is 16. The van der Waals surface area contributed by atoms with Gasteiger partial charge in [0, 0.05) is 13.1 Å². The maximum Gasteiger partial charge on any atom is 0.309 e. The second-order valence-electron chi connectivity index (χ2n) is 16.4. The van der Waals surface area contributed by atoms with Crippen molar-refractivity contribution in [3.63, 3.8) is 0 Å². The summed E-state index contributed by atoms with van der Waals surface area (Å²) < 4.78 is 58.3. The maximum atomic E-state index is 13.3. The molecule has 0 saturated carbocycles. The summed E-state index contributed by atoms with van der Waals surface area (Å²) in [4.78, 5) is 38.4. The van der Waals surface area contributed by atoms with E-state index in [1.165, 1.54) is 30.8 Å². The molecule has 5 aromatic rings. The van der Waals surface area contributed by atoms with Crippen LogP contribution in [0.25, 0.3) is 15.3 Å². The fourth-order valence-electron chi connectivity index (χ4n) is 6.42. The number of halogens is 1. The van der Waals surface area contributed by atoms with Crippen LogP contribution < -0.4 is 25.7 Å². The van der Waals surface area contributed by atoms with Gasteiger partial charge in [0.15, 0.2) is 0 Å². The van der Waals surface area contributed by atoms with E-state index in [2.05, 4.69) is 15.4 Å². The molecule has 4 aromatic carbocycles. The molecule has 0 bridgehead atoms. The molecule has 12 nitrogen and oxygen atoms in total. The second kappa shape index (κ2) is 20.8. The molecule has 6 rings (SSSR count). The van der Waals surface area contributed by atoms with Crippen LogP contribution in [0.5, 0.6) is 11.5 Å². The van der Waals surface area contributed by atoms with Gasteiger partial charge in [-0.3, -0.25) is 18.3 Å². The number of methoxy groups -OCH3 is 1. The van der Waals surface area contributed by atoms with Crippen LogP contribution in [0.4, 0.5) is 10.1 Å². The van der Waals surface area contributed by atoms with Crippen molar-refractivity contribution < 1.29 is 36.6 Å². The average Bonchev–Trinajstić information content (AvgIpc) is 3.68. The molecule has 15 heteroatoms. The normalized spacial score (nSPS) is 13.6. The third-order valence-electron chi connectivity index (χ3n) is 9.32. The molecule has 0 atom stereocenters. The van der Waals surface area contributed by atoms with Gasteiger partial charge in [-0.2, -0.15) is 0 Å². The average molecular weight is 887 g/mol. The van der Waals surface area contributed by atoms with Crippen molar-refractivity contribution in [1.82, 2.24) is 13.6 Å². The molecule has 330 valence electrons. The van der Waals surface area contributed by atoms with Crippen LogP contribution in [0.15, 0.2) is 120 Å². The minimum Gasteiger partial charge on any atom is -0.494 e. The largest absolute Gasteiger partial charge is 0.494 e. The summed E-state index contributed by atoms with van der Waals surface area (Å²) in [5, 5.41) is 6.34. The van der Waals surface area contributed by atoms with Crippen molar-refractivity contribution in [2.24, 2.45) is 0 Å². The summed E-state index contributed by atoms with van der Waals surface area (Å²) in [7, 11) is -2.65. The zero-order valence-corrected chi connectivity index (χ0v) is 37.8. The van der Waals surface area contributed by atoms with Gasteiger partial charge in [-0.05, 0) is 107 Å². The van der Waals surface area contributed by atoms with Gasteiger partial charge in [-0.25, -0.2) is 17.1 Å². The second-order valence-corrected chi connectivity index (χ2v) is 19.0. The molecule has 1 aliphatic rings. The Labute approximate surface area is 367 Å². The highest BCUT2D eigenvalue weighted by molar-refractivity contribution is 7.99. The van der Waals surface area contributed by atoms with E-state index in [1.54, 1.807) is 87.5 Å². The number of carbonyl (C=O) groups is 2. The fourth-order valence-corrected chi connectivity index (χ4v) is 9.60. The Morgan fingerprint density at radius 1 is 0.710 bits per heavy atom. The number of anilines is 1. The van der Waals surface area contributed by atoms with Gasteiger partial charge < -0.3 is 24.8 Å². The van der Waals surface area contributed by atoms with Crippen molar-refractivity contribution in [3.05, 3.63) is 142 Å². The molecule has 2 N–H and O–H groups in total. The van der Waals surface area contributed by atoms with Crippen molar-refractivity contribution in [1.29, 1.82) is 0 Å². The van der Waals surface area contributed by atoms with E-state index in [4.69, 9.17) is 9.47 Å². The number of sulfonamides is 1. The van der Waals surface area contributed by atoms with E-state index in [-0.39, 0.29) is 39.9 Å². The van der Waals surface area contributed by atoms with Crippen molar-refractivity contribution in [2.45, 2.75) is 71.9 Å². The Morgan fingerprint density at radius 3 is 1.74 bits per heavy atom. The number of aromatic nitrogens is 1. The highest BCUT2D eigenvalue weighted by Gasteiger charge is 2.49. The summed E-state index contributed by atoms with van der Waals surface area (Å²) >= 11 is 1.48. The molecule has 0 spiro atoms. The lowest BCUT2D eigenvalue weighted by molar-refractivity contribution is -0.139. The summed E-state index contributed by atoms with van der Waals surface area (Å²) in [6, 6.07) is 31.7. The van der Waals surface area contributed by atoms with Crippen LogP contribution in [0.3, 0.4) is 0 Å². The Bertz CT molecular complexity index is 2470. The molecule has 1 amide bonds. The van der Waals surface area contributed by atoms with Crippen LogP contribution in [-0.4, -0.2) is 67.5 Å². The number of esters is 1. The SMILES string of the molecule is CC(C)(C)n1sc(-c2ccccc2)c(NCCCOc2ccc(F)cc2)c1=O.COC(=O)Cc1ccc(OCCCNC2=C(c3ccccc3)S(=O)(=O)N(C(C)(C)C)C2=O)cc1. The maximum absolute atomic E-state index is 13.3. The number of ether oxygens (including phenoxy) is 3. The van der Waals surface area contributed by atoms with Crippen LogP contribution in [0, 0.1) is 5.82 Å². The first-order valence-electron chi connectivity index (χ1n) is 20.3. The van der Waals surface area contributed by atoms with Gasteiger partial charge in [-0.15, -0.1) is 0 Å². The number of nitrogens with one attached hydrogen (secondary N) is 2. The number of hydrogen-bond donors (Lipinski definition) is 2. The third-order valence-corrected chi connectivity index (χ3v) is 13.0. The molecular weight excluding hydrogens is 832 g/mol. The molecule has 1 aromatic heterocycles. The zero-order valence-electron chi connectivity index (χ0n) is 36.2. The Hall–Kier alpha value is -5.93. The lowest BCUT2D eigenvalue weighted by Gasteiger charge is -2.30. The Morgan fingerprint density at radius 2 is 1.23 bits per heavy atom. The fraction of sp³-hybridized carbons (Fsp3) is 0.340. The number of benzene rings is 4. The number of hydrogen-bond acceptors (Lipinski definition) is 11. The lowest BCUT2D eigenvalue weighted by Crippen LogP contribution is -2.46. The van der Waals surface area contributed by atoms with Crippen molar-refractivity contribution in [3.8, 4) is 21.9 Å². The van der Waals surface area contributed by atoms with Crippen molar-refractivity contribution in [2.75, 3.05) is 38.7 Å². The first-order chi connectivity index (χ1) is 29.4. The predicted molar refractivity (Wildman–Crippen MR) is 243 cm³/mol. The monoisotopic (exact) mass is 886 g/mol. The molecule has 2 heterocycles. The summed E-state index contributed by atoms with van der Waals surface area (Å²) in [5.41, 5.74) is 1.84. The zero-order chi connectivity index (χ0) is 45.1. The highest BCUT2D eigenvalue weighted by Crippen LogP contribution is 2.39. The van der Waals surface area contributed by atoms with E-state index in [0.29, 0.717) is 55.5 Å². The predicted octanol–water partition coefficient (Wildman–Crippen LogP) is 8.45. The standard InChI is InChI=1S/C25H30N2O6S.C22H25FN2O2S/c1-25(2,3)27-24(29)22(23(34(27,30)31)19-9-6-5-7-10-19)26-15-8-16-33-20-13-11-18(12-14-20)17-21(28)32-4;1-22(2,3)25-21(26)19(20(28-25)16-8-5-4-6-9-16)24-14-7-15-27-18-12-10-17(23)11-13-18/h5-7,9-14,26H,8,15-17H2,1-4H3;4-6,8-13,24H,7,14-15H2,1-3H3. The topological polar surface area (TPSA) is 145 Å². The summed E-state index contributed by atoms with van der Waals surface area (Å²) in [6.07, 6.45) is 1.46. The molecule has 0 aliphatic carbocycles. The molecule has 0 radical (unpaired) electrons. The van der Waals surface area contributed by atoms with E-state index in [9.17, 15) is 27.2 Å². The molecule has 0 saturated heterocycles. The van der Waals surface area contributed by atoms with E-state index < -0.39 is 21.5 Å². The first kappa shape index (κ1) is 47.1. The van der Waals surface area contributed by atoms with E-state index in [0.717, 1.165) is 26.7 Å². The lowest BCUT2D eigenvalue weighted by atomic mass is 10.1. The Kier molecular flexibility index (Phi) is 15.8. The van der Waals surface area contributed by atoms with E-state index in [1.807, 2.05) is 55.1 Å². The molecule has 0 unspecified atom stereocenters. The van der Waals surface area contributed by atoms with Gasteiger partial charge >= 0.3 is 5.97 Å². The van der Waals surface area contributed by atoms with Crippen LogP contribution in [0.1, 0.15) is 65.5 Å². The van der Waals surface area contributed by atoms with Gasteiger partial charge in [0.1, 0.15) is 33.6 Å². The van der Waals surface area contributed by atoms with Crippen LogP contribution in [0.2, 0.25) is 0 Å². The minimum absolute atomic E-state index is 0.00388. The van der Waals surface area contributed by atoms with Gasteiger partial charge in [-0.1, -0.05) is 84.3 Å². The van der Waals surface area contributed by atoms with Gasteiger partial charge in [0.2, 0.25) is 0 Å². The van der Waals surface area contributed by atoms with Crippen LogP contribution in [-0.2, 0) is 36.3 Å². The smallest absolute Gasteiger partial charge is 0.309 e. The number of amides is 1. The highest BCUT2D eigenvalue weighted by atomic mass is 32.2. The Balaban J connectivity index is 0.000000238. The summed E-state index contributed by atoms with van der Waals surface area (Å²) in [5.74, 6) is 0.133. The third kappa shape index (κ3) is 12.1. The quantitative estimate of drug-likeness (QED) is 0.0732. The van der Waals surface area contributed by atoms with Crippen LogP contribution >= 0.6 is 11.5 Å². The summed E-state index contributed by atoms with van der Waals surface area (Å²) in [6.45, 7) is 13.0. The molecular formula is C47H55FN4O8S2. The number of nitrogens with zero attached hydrogens (tertiary/aromatic N) is 2. The van der Waals surface area contributed by atoms with Gasteiger partial charge in [0.25, 0.3) is 21.5 Å². The van der Waals surface area contributed by atoms with Crippen molar-refractivity contribution >= 4 is 44.0 Å². The first-order valence-corrected chi connectivity index (χ1v) is 22.5. The minimum atomic E-state index is -4.00. The molecule has 0 fully saturated rings.